The van der Waals surface area contributed by atoms with Crippen LogP contribution in [0.3, 0.4) is 0 Å². The van der Waals surface area contributed by atoms with Crippen LogP contribution in [0.25, 0.3) is 0 Å². The SMILES string of the molecule is COC(=O)[C@H]([C@H]1O[C@@H](n2cc(C)c(=O)[nH]c2=O)[C@H](OC(C)=O)[C@@H]1OC(C)=O)N(Cc1ccccc1)C(=O)C(F)(F)F. The fourth-order valence-corrected chi connectivity index (χ4v) is 4.36. The van der Waals surface area contributed by atoms with Gasteiger partial charge in [0.05, 0.1) is 7.11 Å². The van der Waals surface area contributed by atoms with Crippen LogP contribution >= 0.6 is 0 Å². The van der Waals surface area contributed by atoms with Crippen LogP contribution in [0.15, 0.2) is 46.1 Å². The lowest BCUT2D eigenvalue weighted by Gasteiger charge is -2.35. The van der Waals surface area contributed by atoms with Crippen molar-refractivity contribution < 1.29 is 51.3 Å². The number of methoxy groups -OCH3 is 1. The summed E-state index contributed by atoms with van der Waals surface area (Å²) in [7, 11) is 0.848. The van der Waals surface area contributed by atoms with Gasteiger partial charge in [-0.1, -0.05) is 30.3 Å². The number of H-pyrrole nitrogens is 1. The maximum absolute atomic E-state index is 13.8. The minimum atomic E-state index is -5.47. The number of amides is 1. The van der Waals surface area contributed by atoms with Crippen LogP contribution in [0.5, 0.6) is 0 Å². The zero-order chi connectivity index (χ0) is 30.6. The Morgan fingerprint density at radius 1 is 1.05 bits per heavy atom. The fourth-order valence-electron chi connectivity index (χ4n) is 4.36. The highest BCUT2D eigenvalue weighted by atomic mass is 19.4. The number of rotatable bonds is 8. The summed E-state index contributed by atoms with van der Waals surface area (Å²) in [4.78, 5) is 76.7. The second-order valence-corrected chi connectivity index (χ2v) is 9.00. The van der Waals surface area contributed by atoms with E-state index in [9.17, 15) is 41.9 Å². The molecule has 1 N–H and O–H groups in total. The van der Waals surface area contributed by atoms with Crippen LogP contribution in [0.4, 0.5) is 13.2 Å². The van der Waals surface area contributed by atoms with Crippen molar-refractivity contribution in [1.29, 1.82) is 0 Å². The van der Waals surface area contributed by atoms with Gasteiger partial charge in [0, 0.05) is 32.2 Å². The van der Waals surface area contributed by atoms with E-state index in [1.165, 1.54) is 31.2 Å². The number of alkyl halides is 3. The molecule has 41 heavy (non-hydrogen) atoms. The molecule has 1 aromatic carbocycles. The fraction of sp³-hybridized carbons (Fsp3) is 0.440. The van der Waals surface area contributed by atoms with Crippen molar-refractivity contribution in [2.75, 3.05) is 7.11 Å². The predicted octanol–water partition coefficient (Wildman–Crippen LogP) is 0.739. The molecule has 5 atom stereocenters. The molecule has 1 aliphatic heterocycles. The molecule has 16 heteroatoms. The summed E-state index contributed by atoms with van der Waals surface area (Å²) < 4.78 is 63.4. The number of carbonyl (C=O) groups is 4. The lowest BCUT2D eigenvalue weighted by Crippen LogP contribution is -2.58. The molecule has 0 bridgehead atoms. The van der Waals surface area contributed by atoms with E-state index in [4.69, 9.17) is 18.9 Å². The van der Waals surface area contributed by atoms with Gasteiger partial charge in [-0.2, -0.15) is 13.2 Å². The van der Waals surface area contributed by atoms with E-state index in [1.54, 1.807) is 6.07 Å². The molecule has 222 valence electrons. The van der Waals surface area contributed by atoms with Crippen molar-refractivity contribution in [3.8, 4) is 0 Å². The number of aromatic amines is 1. The molecular formula is C25H26F3N3O10. The Bertz CT molecular complexity index is 1420. The van der Waals surface area contributed by atoms with Gasteiger partial charge in [0.2, 0.25) is 0 Å². The molecule has 3 rings (SSSR count). The van der Waals surface area contributed by atoms with Crippen molar-refractivity contribution in [1.82, 2.24) is 14.5 Å². The molecule has 1 saturated heterocycles. The Hall–Kier alpha value is -4.47. The number of nitrogens with zero attached hydrogens (tertiary/aromatic N) is 2. The Kier molecular flexibility index (Phi) is 9.37. The number of halogens is 3. The van der Waals surface area contributed by atoms with Gasteiger partial charge in [-0.15, -0.1) is 0 Å². The molecule has 1 amide bonds. The van der Waals surface area contributed by atoms with E-state index < -0.39 is 78.4 Å². The van der Waals surface area contributed by atoms with Gasteiger partial charge < -0.3 is 23.8 Å². The van der Waals surface area contributed by atoms with Crippen LogP contribution in [0, 0.1) is 6.92 Å². The van der Waals surface area contributed by atoms with E-state index in [2.05, 4.69) is 0 Å². The average Bonchev–Trinajstić information content (AvgIpc) is 3.21. The number of carbonyl (C=O) groups excluding carboxylic acids is 4. The number of hydrogen-bond donors (Lipinski definition) is 1. The molecule has 0 unspecified atom stereocenters. The normalized spacial score (nSPS) is 21.0. The van der Waals surface area contributed by atoms with Crippen LogP contribution in [0.1, 0.15) is 31.2 Å². The summed E-state index contributed by atoms with van der Waals surface area (Å²) in [5.41, 5.74) is -1.67. The highest BCUT2D eigenvalue weighted by molar-refractivity contribution is 5.88. The van der Waals surface area contributed by atoms with Crippen LogP contribution in [-0.4, -0.2) is 75.9 Å². The van der Waals surface area contributed by atoms with Gasteiger partial charge >= 0.3 is 35.7 Å². The lowest BCUT2D eigenvalue weighted by molar-refractivity contribution is -0.197. The van der Waals surface area contributed by atoms with Gasteiger partial charge in [0.25, 0.3) is 5.56 Å². The van der Waals surface area contributed by atoms with Gasteiger partial charge in [0.1, 0.15) is 6.10 Å². The first-order chi connectivity index (χ1) is 19.1. The summed E-state index contributed by atoms with van der Waals surface area (Å²) in [6, 6.07) is 5.12. The van der Waals surface area contributed by atoms with Crippen LogP contribution < -0.4 is 11.2 Å². The van der Waals surface area contributed by atoms with E-state index in [1.807, 2.05) is 4.98 Å². The molecule has 2 aromatic rings. The second kappa shape index (κ2) is 12.4. The van der Waals surface area contributed by atoms with E-state index in [0.29, 0.717) is 0 Å². The Morgan fingerprint density at radius 3 is 2.17 bits per heavy atom. The number of nitrogens with one attached hydrogen (secondary N) is 1. The first kappa shape index (κ1) is 31.1. The monoisotopic (exact) mass is 585 g/mol. The molecule has 1 aliphatic rings. The Morgan fingerprint density at radius 2 is 1.63 bits per heavy atom. The molecule has 0 saturated carbocycles. The first-order valence-electron chi connectivity index (χ1n) is 12.0. The maximum atomic E-state index is 13.8. The first-order valence-corrected chi connectivity index (χ1v) is 12.0. The molecule has 13 nitrogen and oxygen atoms in total. The number of aromatic nitrogens is 2. The zero-order valence-electron chi connectivity index (χ0n) is 22.2. The van der Waals surface area contributed by atoms with Gasteiger partial charge in [-0.25, -0.2) is 9.59 Å². The molecular weight excluding hydrogens is 559 g/mol. The van der Waals surface area contributed by atoms with Crippen LogP contribution in [-0.2, 0) is 44.7 Å². The summed E-state index contributed by atoms with van der Waals surface area (Å²) in [6.45, 7) is 2.45. The topological polar surface area (TPSA) is 163 Å². The quantitative estimate of drug-likeness (QED) is 0.345. The predicted molar refractivity (Wildman–Crippen MR) is 130 cm³/mol. The molecule has 1 aromatic heterocycles. The number of esters is 3. The summed E-state index contributed by atoms with van der Waals surface area (Å²) in [6.07, 6.45) is -11.7. The number of aryl methyl sites for hydroxylation is 1. The minimum Gasteiger partial charge on any atom is -0.467 e. The van der Waals surface area contributed by atoms with Gasteiger partial charge in [-0.05, 0) is 12.5 Å². The molecule has 1 fully saturated rings. The summed E-state index contributed by atoms with van der Waals surface area (Å²) in [5, 5.41) is 0. The lowest BCUT2D eigenvalue weighted by atomic mass is 10.00. The number of hydrogen-bond acceptors (Lipinski definition) is 10. The highest BCUT2D eigenvalue weighted by Crippen LogP contribution is 2.38. The highest BCUT2D eigenvalue weighted by Gasteiger charge is 2.59. The summed E-state index contributed by atoms with van der Waals surface area (Å²) in [5.74, 6) is -5.84. The van der Waals surface area contributed by atoms with Crippen LogP contribution in [0.2, 0.25) is 0 Å². The van der Waals surface area contributed by atoms with E-state index in [0.717, 1.165) is 31.7 Å². The van der Waals surface area contributed by atoms with Crippen molar-refractivity contribution in [3.05, 3.63) is 68.5 Å². The van der Waals surface area contributed by atoms with Crippen molar-refractivity contribution >= 4 is 23.8 Å². The third-order valence-corrected chi connectivity index (χ3v) is 6.04. The largest absolute Gasteiger partial charge is 0.471 e. The number of benzene rings is 1. The molecule has 0 spiro atoms. The smallest absolute Gasteiger partial charge is 0.467 e. The Balaban J connectivity index is 2.25. The van der Waals surface area contributed by atoms with Crippen molar-refractivity contribution in [2.24, 2.45) is 0 Å². The standard InChI is InChI=1S/C25H26F3N3O10/c1-12-10-31(24(37)29-20(12)34)21-19(40-14(3)33)18(39-13(2)32)17(41-21)16(22(35)38-4)30(23(36)25(26,27)28)11-15-8-6-5-7-9-15/h5-10,16-19,21H,11H2,1-4H3,(H,29,34,37)/t16-,17+,18+,19+,21+/m0/s1. The second-order valence-electron chi connectivity index (χ2n) is 9.00. The zero-order valence-corrected chi connectivity index (χ0v) is 22.2. The maximum Gasteiger partial charge on any atom is 0.471 e. The van der Waals surface area contributed by atoms with E-state index in [-0.39, 0.29) is 16.0 Å². The molecule has 0 radical (unpaired) electrons. The molecule has 0 aliphatic carbocycles. The van der Waals surface area contributed by atoms with Gasteiger partial charge in [-0.3, -0.25) is 28.7 Å². The third kappa shape index (κ3) is 7.00. The third-order valence-electron chi connectivity index (χ3n) is 6.04. The number of ether oxygens (including phenoxy) is 4. The molecule has 2 heterocycles. The van der Waals surface area contributed by atoms with Gasteiger partial charge in [0.15, 0.2) is 24.5 Å². The summed E-state index contributed by atoms with van der Waals surface area (Å²) >= 11 is 0. The van der Waals surface area contributed by atoms with Crippen molar-refractivity contribution in [3.63, 3.8) is 0 Å². The Labute approximate surface area is 229 Å². The van der Waals surface area contributed by atoms with Crippen molar-refractivity contribution in [2.45, 2.75) is 64.1 Å². The average molecular weight is 585 g/mol. The van der Waals surface area contributed by atoms with E-state index >= 15 is 0 Å². The minimum absolute atomic E-state index is 0.00951.